The first-order valence-corrected chi connectivity index (χ1v) is 8.79. The number of halogens is 1. The summed E-state index contributed by atoms with van der Waals surface area (Å²) in [5.74, 6) is 0.697. The molecule has 0 radical (unpaired) electrons. The van der Waals surface area contributed by atoms with Gasteiger partial charge in [-0.05, 0) is 36.8 Å². The van der Waals surface area contributed by atoms with Crippen molar-refractivity contribution in [2.75, 3.05) is 31.0 Å². The van der Waals surface area contributed by atoms with Crippen LogP contribution in [0.5, 0.6) is 11.5 Å². The second-order valence-electron chi connectivity index (χ2n) is 5.97. The van der Waals surface area contributed by atoms with Crippen LogP contribution in [0.25, 0.3) is 0 Å². The number of methoxy groups -OCH3 is 2. The van der Waals surface area contributed by atoms with Crippen LogP contribution >= 0.6 is 11.6 Å². The summed E-state index contributed by atoms with van der Waals surface area (Å²) in [6, 6.07) is 10.5. The average molecular weight is 391 g/mol. The zero-order valence-electron chi connectivity index (χ0n) is 15.8. The molecule has 0 fully saturated rings. The summed E-state index contributed by atoms with van der Waals surface area (Å²) in [7, 11) is 3.07. The highest BCUT2D eigenvalue weighted by atomic mass is 35.5. The third kappa shape index (κ3) is 5.37. The summed E-state index contributed by atoms with van der Waals surface area (Å²) in [4.78, 5) is 25.9. The number of carbonyl (C=O) groups excluding carboxylic acids is 2. The molecule has 2 amide bonds. The van der Waals surface area contributed by atoms with E-state index in [2.05, 4.69) is 5.32 Å². The molecule has 0 aliphatic carbocycles. The Labute approximate surface area is 164 Å². The van der Waals surface area contributed by atoms with Crippen LogP contribution in [0.15, 0.2) is 36.4 Å². The molecular formula is C20H23ClN2O4. The van der Waals surface area contributed by atoms with Crippen molar-refractivity contribution in [2.24, 2.45) is 0 Å². The molecule has 2 rings (SSSR count). The van der Waals surface area contributed by atoms with Gasteiger partial charge in [0.2, 0.25) is 11.8 Å². The molecule has 0 saturated heterocycles. The summed E-state index contributed by atoms with van der Waals surface area (Å²) in [6.45, 7) is 3.53. The van der Waals surface area contributed by atoms with Gasteiger partial charge in [-0.15, -0.1) is 0 Å². The van der Waals surface area contributed by atoms with E-state index >= 15 is 0 Å². The monoisotopic (exact) mass is 390 g/mol. The highest BCUT2D eigenvalue weighted by Crippen LogP contribution is 2.32. The number of ether oxygens (including phenoxy) is 2. The minimum Gasteiger partial charge on any atom is -0.497 e. The maximum absolute atomic E-state index is 12.3. The van der Waals surface area contributed by atoms with Gasteiger partial charge in [0.25, 0.3) is 0 Å². The van der Waals surface area contributed by atoms with Crippen LogP contribution in [0, 0.1) is 6.92 Å². The molecular weight excluding hydrogens is 368 g/mol. The van der Waals surface area contributed by atoms with Crippen molar-refractivity contribution in [2.45, 2.75) is 20.3 Å². The maximum Gasteiger partial charge on any atom is 0.226 e. The van der Waals surface area contributed by atoms with Gasteiger partial charge in [0.05, 0.1) is 19.9 Å². The van der Waals surface area contributed by atoms with Gasteiger partial charge in [-0.1, -0.05) is 17.7 Å². The Morgan fingerprint density at radius 3 is 2.44 bits per heavy atom. The van der Waals surface area contributed by atoms with Gasteiger partial charge in [-0.3, -0.25) is 9.59 Å². The molecule has 27 heavy (non-hydrogen) atoms. The quantitative estimate of drug-likeness (QED) is 0.774. The SMILES string of the molecule is COc1ccc(OC)c(N(CCC(=O)Nc2ccc(C)c(Cl)c2)C(C)=O)c1. The van der Waals surface area contributed by atoms with Crippen LogP contribution in [0.1, 0.15) is 18.9 Å². The van der Waals surface area contributed by atoms with E-state index in [0.29, 0.717) is 27.9 Å². The topological polar surface area (TPSA) is 67.9 Å². The molecule has 0 atom stereocenters. The van der Waals surface area contributed by atoms with Gasteiger partial charge in [-0.2, -0.15) is 0 Å². The van der Waals surface area contributed by atoms with Gasteiger partial charge in [-0.25, -0.2) is 0 Å². The molecule has 6 nitrogen and oxygen atoms in total. The van der Waals surface area contributed by atoms with E-state index in [1.165, 1.54) is 18.9 Å². The first-order chi connectivity index (χ1) is 12.8. The first kappa shape index (κ1) is 20.6. The Balaban J connectivity index is 2.11. The lowest BCUT2D eigenvalue weighted by Gasteiger charge is -2.23. The van der Waals surface area contributed by atoms with Crippen LogP contribution < -0.4 is 19.7 Å². The standard InChI is InChI=1S/C20H23ClN2O4/c1-13-5-6-15(11-17(13)21)22-20(25)9-10-23(14(2)24)18-12-16(26-3)7-8-19(18)27-4/h5-8,11-12H,9-10H2,1-4H3,(H,22,25). The normalized spacial score (nSPS) is 10.3. The minimum atomic E-state index is -0.219. The molecule has 0 unspecified atom stereocenters. The predicted molar refractivity (Wildman–Crippen MR) is 107 cm³/mol. The second-order valence-corrected chi connectivity index (χ2v) is 6.38. The first-order valence-electron chi connectivity index (χ1n) is 8.42. The molecule has 0 bridgehead atoms. The zero-order chi connectivity index (χ0) is 20.0. The Morgan fingerprint density at radius 1 is 1.11 bits per heavy atom. The number of hydrogen-bond donors (Lipinski definition) is 1. The number of hydrogen-bond acceptors (Lipinski definition) is 4. The molecule has 0 aromatic heterocycles. The highest BCUT2D eigenvalue weighted by Gasteiger charge is 2.18. The number of nitrogens with one attached hydrogen (secondary N) is 1. The third-order valence-electron chi connectivity index (χ3n) is 4.07. The number of nitrogens with zero attached hydrogens (tertiary/aromatic N) is 1. The van der Waals surface area contributed by atoms with Crippen molar-refractivity contribution in [3.63, 3.8) is 0 Å². The Morgan fingerprint density at radius 2 is 1.85 bits per heavy atom. The fourth-order valence-electron chi connectivity index (χ4n) is 2.56. The second kappa shape index (κ2) is 9.28. The summed E-state index contributed by atoms with van der Waals surface area (Å²) in [5.41, 5.74) is 2.10. The number of amides is 2. The molecule has 2 aromatic carbocycles. The smallest absolute Gasteiger partial charge is 0.226 e. The van der Waals surface area contributed by atoms with Crippen LogP contribution in [0.4, 0.5) is 11.4 Å². The fourth-order valence-corrected chi connectivity index (χ4v) is 2.74. The average Bonchev–Trinajstić information content (AvgIpc) is 2.64. The van der Waals surface area contributed by atoms with Crippen molar-refractivity contribution in [3.05, 3.63) is 47.0 Å². The van der Waals surface area contributed by atoms with Crippen LogP contribution in [-0.4, -0.2) is 32.6 Å². The van der Waals surface area contributed by atoms with Gasteiger partial charge in [0.15, 0.2) is 0 Å². The molecule has 0 aliphatic heterocycles. The van der Waals surface area contributed by atoms with Crippen molar-refractivity contribution in [3.8, 4) is 11.5 Å². The number of benzene rings is 2. The lowest BCUT2D eigenvalue weighted by atomic mass is 10.2. The Bertz CT molecular complexity index is 839. The Hall–Kier alpha value is -2.73. The fraction of sp³-hybridized carbons (Fsp3) is 0.300. The van der Waals surface area contributed by atoms with Gasteiger partial charge in [0, 0.05) is 36.7 Å². The van der Waals surface area contributed by atoms with Crippen molar-refractivity contribution >= 4 is 34.8 Å². The van der Waals surface area contributed by atoms with E-state index in [1.807, 2.05) is 13.0 Å². The van der Waals surface area contributed by atoms with Crippen molar-refractivity contribution in [1.29, 1.82) is 0 Å². The van der Waals surface area contributed by atoms with Crippen LogP contribution in [-0.2, 0) is 9.59 Å². The summed E-state index contributed by atoms with van der Waals surface area (Å²) < 4.78 is 10.6. The van der Waals surface area contributed by atoms with Crippen molar-refractivity contribution < 1.29 is 19.1 Å². The summed E-state index contributed by atoms with van der Waals surface area (Å²) in [5, 5.41) is 3.37. The highest BCUT2D eigenvalue weighted by molar-refractivity contribution is 6.31. The predicted octanol–water partition coefficient (Wildman–Crippen LogP) is 4.05. The lowest BCUT2D eigenvalue weighted by Crippen LogP contribution is -2.32. The number of carbonyl (C=O) groups is 2. The molecule has 1 N–H and O–H groups in total. The zero-order valence-corrected chi connectivity index (χ0v) is 16.6. The molecule has 144 valence electrons. The molecule has 2 aromatic rings. The van der Waals surface area contributed by atoms with E-state index < -0.39 is 0 Å². The van der Waals surface area contributed by atoms with Crippen LogP contribution in [0.3, 0.4) is 0 Å². The molecule has 7 heteroatoms. The molecule has 0 aliphatic rings. The van der Waals surface area contributed by atoms with Gasteiger partial charge >= 0.3 is 0 Å². The number of aryl methyl sites for hydroxylation is 1. The molecule has 0 saturated carbocycles. The summed E-state index contributed by atoms with van der Waals surface area (Å²) >= 11 is 6.08. The molecule has 0 heterocycles. The van der Waals surface area contributed by atoms with Gasteiger partial charge in [0.1, 0.15) is 11.5 Å². The lowest BCUT2D eigenvalue weighted by molar-refractivity contribution is -0.117. The Kier molecular flexibility index (Phi) is 7.07. The van der Waals surface area contributed by atoms with E-state index in [-0.39, 0.29) is 24.8 Å². The van der Waals surface area contributed by atoms with Crippen molar-refractivity contribution in [1.82, 2.24) is 0 Å². The van der Waals surface area contributed by atoms with Gasteiger partial charge < -0.3 is 19.7 Å². The van der Waals surface area contributed by atoms with E-state index in [0.717, 1.165) is 5.56 Å². The largest absolute Gasteiger partial charge is 0.497 e. The van der Waals surface area contributed by atoms with E-state index in [1.54, 1.807) is 37.4 Å². The minimum absolute atomic E-state index is 0.117. The maximum atomic E-state index is 12.3. The van der Waals surface area contributed by atoms with Crippen LogP contribution in [0.2, 0.25) is 5.02 Å². The number of rotatable bonds is 7. The third-order valence-corrected chi connectivity index (χ3v) is 4.48. The van der Waals surface area contributed by atoms with E-state index in [9.17, 15) is 9.59 Å². The number of anilines is 2. The summed E-state index contributed by atoms with van der Waals surface area (Å²) in [6.07, 6.45) is 0.117. The molecule has 0 spiro atoms. The van der Waals surface area contributed by atoms with E-state index in [4.69, 9.17) is 21.1 Å².